The smallest absolute Gasteiger partial charge is 0.0178 e. The van der Waals surface area contributed by atoms with Gasteiger partial charge in [-0.2, -0.15) is 0 Å². The van der Waals surface area contributed by atoms with Gasteiger partial charge in [-0.3, -0.25) is 0 Å². The maximum absolute atomic E-state index is 3.81. The second-order valence-electron chi connectivity index (χ2n) is 6.55. The van der Waals surface area contributed by atoms with Crippen molar-refractivity contribution in [2.45, 2.75) is 57.4 Å². The van der Waals surface area contributed by atoms with Crippen LogP contribution in [-0.4, -0.2) is 12.6 Å². The Kier molecular flexibility index (Phi) is 4.00. The van der Waals surface area contributed by atoms with E-state index in [1.54, 1.807) is 0 Å². The Morgan fingerprint density at radius 3 is 2.74 bits per heavy atom. The second kappa shape index (κ2) is 5.57. The molecule has 0 bridgehead atoms. The quantitative estimate of drug-likeness (QED) is 0.788. The van der Waals surface area contributed by atoms with E-state index in [-0.39, 0.29) is 0 Å². The summed E-state index contributed by atoms with van der Waals surface area (Å²) in [6.45, 7) is 3.57. The third kappa shape index (κ3) is 3.22. The SMILES string of the molecule is CCCC1(CNC2CC(c3cccc(Br)c3)C2)CC1. The lowest BCUT2D eigenvalue weighted by Crippen LogP contribution is -2.42. The molecule has 0 unspecified atom stereocenters. The highest BCUT2D eigenvalue weighted by Crippen LogP contribution is 2.49. The molecule has 0 aliphatic heterocycles. The molecule has 1 N–H and O–H groups in total. The Morgan fingerprint density at radius 1 is 1.32 bits per heavy atom. The minimum atomic E-state index is 0.690. The molecule has 0 atom stereocenters. The van der Waals surface area contributed by atoms with Crippen molar-refractivity contribution in [1.29, 1.82) is 0 Å². The Balaban J connectivity index is 1.43. The van der Waals surface area contributed by atoms with E-state index >= 15 is 0 Å². The average Bonchev–Trinajstić information content (AvgIpc) is 3.08. The van der Waals surface area contributed by atoms with Crippen molar-refractivity contribution in [3.05, 3.63) is 34.3 Å². The van der Waals surface area contributed by atoms with Crippen molar-refractivity contribution in [1.82, 2.24) is 5.32 Å². The first-order valence-corrected chi connectivity index (χ1v) is 8.49. The van der Waals surface area contributed by atoms with Gasteiger partial charge in [-0.15, -0.1) is 0 Å². The first kappa shape index (κ1) is 13.6. The summed E-state index contributed by atoms with van der Waals surface area (Å²) in [4.78, 5) is 0. The molecule has 0 radical (unpaired) electrons. The maximum atomic E-state index is 3.81. The van der Waals surface area contributed by atoms with Crippen LogP contribution in [0.1, 0.15) is 56.9 Å². The summed E-state index contributed by atoms with van der Waals surface area (Å²) in [5.74, 6) is 0.774. The molecule has 2 saturated carbocycles. The summed E-state index contributed by atoms with van der Waals surface area (Å²) in [7, 11) is 0. The predicted molar refractivity (Wildman–Crippen MR) is 84.5 cm³/mol. The molecule has 2 aliphatic carbocycles. The largest absolute Gasteiger partial charge is 0.313 e. The van der Waals surface area contributed by atoms with Crippen molar-refractivity contribution in [2.75, 3.05) is 6.54 Å². The predicted octanol–water partition coefficient (Wildman–Crippen LogP) is 4.87. The van der Waals surface area contributed by atoms with Crippen LogP contribution in [0, 0.1) is 5.41 Å². The van der Waals surface area contributed by atoms with Crippen LogP contribution < -0.4 is 5.32 Å². The summed E-state index contributed by atoms with van der Waals surface area (Å²) in [6, 6.07) is 9.57. The van der Waals surface area contributed by atoms with Crippen LogP contribution in [-0.2, 0) is 0 Å². The van der Waals surface area contributed by atoms with Crippen LogP contribution in [0.5, 0.6) is 0 Å². The van der Waals surface area contributed by atoms with Crippen LogP contribution in [0.2, 0.25) is 0 Å². The van der Waals surface area contributed by atoms with Crippen molar-refractivity contribution in [3.63, 3.8) is 0 Å². The molecule has 19 heavy (non-hydrogen) atoms. The summed E-state index contributed by atoms with van der Waals surface area (Å²) in [5.41, 5.74) is 2.19. The Hall–Kier alpha value is -0.340. The van der Waals surface area contributed by atoms with Crippen molar-refractivity contribution >= 4 is 15.9 Å². The van der Waals surface area contributed by atoms with Gasteiger partial charge < -0.3 is 5.32 Å². The number of nitrogens with one attached hydrogen (secondary N) is 1. The van der Waals surface area contributed by atoms with Gasteiger partial charge in [-0.05, 0) is 61.1 Å². The number of halogens is 1. The molecule has 0 aromatic heterocycles. The molecular formula is C17H24BrN. The first-order chi connectivity index (χ1) is 9.21. The van der Waals surface area contributed by atoms with Gasteiger partial charge in [0.15, 0.2) is 0 Å². The normalized spacial score (nSPS) is 27.9. The van der Waals surface area contributed by atoms with Gasteiger partial charge in [-0.1, -0.05) is 41.4 Å². The van der Waals surface area contributed by atoms with E-state index < -0.39 is 0 Å². The molecule has 0 spiro atoms. The molecule has 2 fully saturated rings. The van der Waals surface area contributed by atoms with Gasteiger partial charge in [-0.25, -0.2) is 0 Å². The summed E-state index contributed by atoms with van der Waals surface area (Å²) < 4.78 is 1.21. The van der Waals surface area contributed by atoms with Gasteiger partial charge in [0.1, 0.15) is 0 Å². The molecule has 0 saturated heterocycles. The zero-order valence-corrected chi connectivity index (χ0v) is 13.4. The minimum absolute atomic E-state index is 0.690. The van der Waals surface area contributed by atoms with E-state index in [1.165, 1.54) is 55.1 Å². The first-order valence-electron chi connectivity index (χ1n) is 7.70. The van der Waals surface area contributed by atoms with Gasteiger partial charge in [0, 0.05) is 17.1 Å². The number of hydrogen-bond donors (Lipinski definition) is 1. The van der Waals surface area contributed by atoms with Crippen LogP contribution in [0.25, 0.3) is 0 Å². The highest BCUT2D eigenvalue weighted by Gasteiger charge is 2.42. The fourth-order valence-corrected chi connectivity index (χ4v) is 3.82. The molecule has 0 amide bonds. The van der Waals surface area contributed by atoms with E-state index in [1.807, 2.05) is 0 Å². The van der Waals surface area contributed by atoms with Crippen molar-refractivity contribution in [2.24, 2.45) is 5.41 Å². The minimum Gasteiger partial charge on any atom is -0.313 e. The standard InChI is InChI=1S/C17H24BrN/c1-2-6-17(7-8-17)12-19-16-10-14(11-16)13-4-3-5-15(18)9-13/h3-5,9,14,16,19H,2,6-8,10-12H2,1H3. The molecule has 1 aromatic carbocycles. The lowest BCUT2D eigenvalue weighted by atomic mass is 9.75. The summed E-state index contributed by atoms with van der Waals surface area (Å²) >= 11 is 3.57. The zero-order valence-electron chi connectivity index (χ0n) is 11.8. The van der Waals surface area contributed by atoms with E-state index in [0.29, 0.717) is 5.41 Å². The summed E-state index contributed by atoms with van der Waals surface area (Å²) in [6.07, 6.45) is 8.30. The fourth-order valence-electron chi connectivity index (χ4n) is 3.40. The lowest BCUT2D eigenvalue weighted by Gasteiger charge is -2.37. The maximum Gasteiger partial charge on any atom is 0.0178 e. The number of rotatable bonds is 6. The summed E-state index contributed by atoms with van der Waals surface area (Å²) in [5, 5.41) is 3.81. The van der Waals surface area contributed by atoms with E-state index in [9.17, 15) is 0 Å². The molecule has 104 valence electrons. The van der Waals surface area contributed by atoms with Crippen LogP contribution in [0.15, 0.2) is 28.7 Å². The molecule has 3 rings (SSSR count). The number of benzene rings is 1. The van der Waals surface area contributed by atoms with Crippen LogP contribution in [0.3, 0.4) is 0 Å². The topological polar surface area (TPSA) is 12.0 Å². The highest BCUT2D eigenvalue weighted by molar-refractivity contribution is 9.10. The van der Waals surface area contributed by atoms with Crippen LogP contribution >= 0.6 is 15.9 Å². The van der Waals surface area contributed by atoms with Crippen molar-refractivity contribution < 1.29 is 0 Å². The monoisotopic (exact) mass is 321 g/mol. The zero-order chi connectivity index (χ0) is 13.3. The van der Waals surface area contributed by atoms with Crippen LogP contribution in [0.4, 0.5) is 0 Å². The third-order valence-electron chi connectivity index (χ3n) is 4.96. The molecule has 2 aliphatic rings. The molecular weight excluding hydrogens is 298 g/mol. The Bertz CT molecular complexity index is 433. The third-order valence-corrected chi connectivity index (χ3v) is 5.45. The molecule has 1 aromatic rings. The number of hydrogen-bond acceptors (Lipinski definition) is 1. The average molecular weight is 322 g/mol. The van der Waals surface area contributed by atoms with Gasteiger partial charge in [0.2, 0.25) is 0 Å². The lowest BCUT2D eigenvalue weighted by molar-refractivity contribution is 0.266. The van der Waals surface area contributed by atoms with E-state index in [2.05, 4.69) is 52.4 Å². The van der Waals surface area contributed by atoms with Gasteiger partial charge in [0.05, 0.1) is 0 Å². The molecule has 1 nitrogen and oxygen atoms in total. The Morgan fingerprint density at radius 2 is 2.11 bits per heavy atom. The van der Waals surface area contributed by atoms with Crippen molar-refractivity contribution in [3.8, 4) is 0 Å². The molecule has 0 heterocycles. The highest BCUT2D eigenvalue weighted by atomic mass is 79.9. The van der Waals surface area contributed by atoms with Gasteiger partial charge >= 0.3 is 0 Å². The second-order valence-corrected chi connectivity index (χ2v) is 7.47. The van der Waals surface area contributed by atoms with E-state index in [0.717, 1.165) is 12.0 Å². The fraction of sp³-hybridized carbons (Fsp3) is 0.647. The Labute approximate surface area is 125 Å². The van der Waals surface area contributed by atoms with E-state index in [4.69, 9.17) is 0 Å². The molecule has 2 heteroatoms. The van der Waals surface area contributed by atoms with Gasteiger partial charge in [0.25, 0.3) is 0 Å².